The van der Waals surface area contributed by atoms with Crippen molar-refractivity contribution >= 4 is 11.7 Å². The third kappa shape index (κ3) is 2.22. The molecule has 0 saturated carbocycles. The molecule has 0 spiro atoms. The fourth-order valence-corrected chi connectivity index (χ4v) is 1.12. The maximum absolute atomic E-state index is 11.7. The summed E-state index contributed by atoms with van der Waals surface area (Å²) in [6.45, 7) is 3.50. The standard InChI is InChI=1S/C10H10N4O2/c1-6-3-9(14-16-6)13-10(15)8-4-11-7(2)12-5-8/h3-5H,1-2H3,(H,13,14,15). The van der Waals surface area contributed by atoms with Crippen molar-refractivity contribution in [2.75, 3.05) is 5.32 Å². The molecule has 2 aromatic rings. The highest BCUT2D eigenvalue weighted by Gasteiger charge is 2.09. The highest BCUT2D eigenvalue weighted by molar-refractivity contribution is 6.03. The van der Waals surface area contributed by atoms with Gasteiger partial charge in [0.15, 0.2) is 5.82 Å². The minimum Gasteiger partial charge on any atom is -0.360 e. The van der Waals surface area contributed by atoms with E-state index in [1.54, 1.807) is 19.9 Å². The summed E-state index contributed by atoms with van der Waals surface area (Å²) in [6, 6.07) is 1.63. The maximum Gasteiger partial charge on any atom is 0.260 e. The van der Waals surface area contributed by atoms with Crippen molar-refractivity contribution in [3.8, 4) is 0 Å². The fourth-order valence-electron chi connectivity index (χ4n) is 1.12. The Morgan fingerprint density at radius 1 is 1.31 bits per heavy atom. The number of rotatable bonds is 2. The van der Waals surface area contributed by atoms with Gasteiger partial charge in [-0.1, -0.05) is 5.16 Å². The number of carbonyl (C=O) groups excluding carboxylic acids is 1. The zero-order valence-corrected chi connectivity index (χ0v) is 8.89. The van der Waals surface area contributed by atoms with Crippen LogP contribution in [0.15, 0.2) is 23.0 Å². The van der Waals surface area contributed by atoms with Gasteiger partial charge in [0.2, 0.25) is 0 Å². The van der Waals surface area contributed by atoms with Crippen LogP contribution in [-0.4, -0.2) is 21.0 Å². The summed E-state index contributed by atoms with van der Waals surface area (Å²) in [7, 11) is 0. The summed E-state index contributed by atoms with van der Waals surface area (Å²) in [6.07, 6.45) is 2.93. The molecule has 0 unspecified atom stereocenters. The molecule has 0 aliphatic rings. The quantitative estimate of drug-likeness (QED) is 0.822. The lowest BCUT2D eigenvalue weighted by Crippen LogP contribution is -2.13. The summed E-state index contributed by atoms with van der Waals surface area (Å²) < 4.78 is 4.82. The molecule has 82 valence electrons. The Balaban J connectivity index is 2.11. The zero-order valence-electron chi connectivity index (χ0n) is 8.89. The van der Waals surface area contributed by atoms with Gasteiger partial charge in [-0.15, -0.1) is 0 Å². The molecule has 0 aliphatic carbocycles. The molecule has 2 rings (SSSR count). The average molecular weight is 218 g/mol. The van der Waals surface area contributed by atoms with Crippen molar-refractivity contribution in [3.05, 3.63) is 35.6 Å². The van der Waals surface area contributed by atoms with E-state index in [9.17, 15) is 4.79 Å². The molecule has 0 saturated heterocycles. The van der Waals surface area contributed by atoms with Crippen LogP contribution in [0.3, 0.4) is 0 Å². The largest absolute Gasteiger partial charge is 0.360 e. The van der Waals surface area contributed by atoms with E-state index in [0.29, 0.717) is 23.0 Å². The Hall–Kier alpha value is -2.24. The van der Waals surface area contributed by atoms with Crippen LogP contribution in [0.25, 0.3) is 0 Å². The van der Waals surface area contributed by atoms with Gasteiger partial charge in [0.05, 0.1) is 5.56 Å². The Morgan fingerprint density at radius 3 is 2.56 bits per heavy atom. The van der Waals surface area contributed by atoms with Crippen LogP contribution in [0.5, 0.6) is 0 Å². The second kappa shape index (κ2) is 4.09. The lowest BCUT2D eigenvalue weighted by atomic mass is 10.3. The fraction of sp³-hybridized carbons (Fsp3) is 0.200. The normalized spacial score (nSPS) is 10.1. The number of aromatic nitrogens is 3. The molecule has 0 radical (unpaired) electrons. The van der Waals surface area contributed by atoms with Gasteiger partial charge < -0.3 is 9.84 Å². The van der Waals surface area contributed by atoms with Gasteiger partial charge in [-0.05, 0) is 13.8 Å². The molecule has 0 aliphatic heterocycles. The molecule has 0 fully saturated rings. The molecule has 16 heavy (non-hydrogen) atoms. The van der Waals surface area contributed by atoms with E-state index in [0.717, 1.165) is 0 Å². The second-order valence-electron chi connectivity index (χ2n) is 3.30. The number of amides is 1. The summed E-state index contributed by atoms with van der Waals surface area (Å²) in [5.41, 5.74) is 0.381. The van der Waals surface area contributed by atoms with E-state index >= 15 is 0 Å². The first-order valence-electron chi connectivity index (χ1n) is 4.68. The molecular formula is C10H10N4O2. The van der Waals surface area contributed by atoms with Crippen LogP contribution >= 0.6 is 0 Å². The summed E-state index contributed by atoms with van der Waals surface area (Å²) in [5, 5.41) is 6.23. The predicted octanol–water partition coefficient (Wildman–Crippen LogP) is 1.33. The van der Waals surface area contributed by atoms with Crippen molar-refractivity contribution < 1.29 is 9.32 Å². The molecular weight excluding hydrogens is 208 g/mol. The Kier molecular flexibility index (Phi) is 2.63. The molecule has 2 aromatic heterocycles. The van der Waals surface area contributed by atoms with E-state index < -0.39 is 0 Å². The number of nitrogens with one attached hydrogen (secondary N) is 1. The Bertz CT molecular complexity index is 504. The second-order valence-corrected chi connectivity index (χ2v) is 3.30. The highest BCUT2D eigenvalue weighted by atomic mass is 16.5. The number of aryl methyl sites for hydroxylation is 2. The number of nitrogens with zero attached hydrogens (tertiary/aromatic N) is 3. The number of anilines is 1. The van der Waals surface area contributed by atoms with E-state index in [-0.39, 0.29) is 5.91 Å². The summed E-state index contributed by atoms with van der Waals surface area (Å²) in [4.78, 5) is 19.5. The van der Waals surface area contributed by atoms with Crippen LogP contribution in [-0.2, 0) is 0 Å². The van der Waals surface area contributed by atoms with Crippen molar-refractivity contribution in [2.45, 2.75) is 13.8 Å². The summed E-state index contributed by atoms with van der Waals surface area (Å²) in [5.74, 6) is 1.32. The lowest BCUT2D eigenvalue weighted by molar-refractivity contribution is 0.102. The third-order valence-electron chi connectivity index (χ3n) is 1.91. The van der Waals surface area contributed by atoms with Gasteiger partial charge in [0.25, 0.3) is 5.91 Å². The van der Waals surface area contributed by atoms with Gasteiger partial charge in [0.1, 0.15) is 11.6 Å². The summed E-state index contributed by atoms with van der Waals surface area (Å²) >= 11 is 0. The van der Waals surface area contributed by atoms with Crippen LogP contribution in [0.4, 0.5) is 5.82 Å². The van der Waals surface area contributed by atoms with Gasteiger partial charge >= 0.3 is 0 Å². The molecule has 0 atom stereocenters. The van der Waals surface area contributed by atoms with E-state index in [4.69, 9.17) is 4.52 Å². The van der Waals surface area contributed by atoms with Crippen LogP contribution in [0, 0.1) is 13.8 Å². The van der Waals surface area contributed by atoms with Gasteiger partial charge in [-0.2, -0.15) is 0 Å². The highest BCUT2D eigenvalue weighted by Crippen LogP contribution is 2.08. The smallest absolute Gasteiger partial charge is 0.260 e. The SMILES string of the molecule is Cc1ncc(C(=O)Nc2cc(C)on2)cn1. The first-order chi connectivity index (χ1) is 7.65. The number of hydrogen-bond acceptors (Lipinski definition) is 5. The van der Waals surface area contributed by atoms with E-state index in [1.165, 1.54) is 12.4 Å². The topological polar surface area (TPSA) is 80.9 Å². The number of carbonyl (C=O) groups is 1. The lowest BCUT2D eigenvalue weighted by Gasteiger charge is -1.99. The molecule has 6 nitrogen and oxygen atoms in total. The molecule has 6 heteroatoms. The zero-order chi connectivity index (χ0) is 11.5. The molecule has 1 N–H and O–H groups in total. The van der Waals surface area contributed by atoms with Crippen LogP contribution in [0.2, 0.25) is 0 Å². The third-order valence-corrected chi connectivity index (χ3v) is 1.91. The van der Waals surface area contributed by atoms with Crippen molar-refractivity contribution in [1.29, 1.82) is 0 Å². The van der Waals surface area contributed by atoms with Crippen LogP contribution < -0.4 is 5.32 Å². The average Bonchev–Trinajstić information content (AvgIpc) is 2.65. The molecule has 1 amide bonds. The minimum absolute atomic E-state index is 0.312. The first kappa shape index (κ1) is 10.3. The molecule has 0 aromatic carbocycles. The van der Waals surface area contributed by atoms with Gasteiger partial charge in [0, 0.05) is 18.5 Å². The number of hydrogen-bond donors (Lipinski definition) is 1. The van der Waals surface area contributed by atoms with Crippen molar-refractivity contribution in [3.63, 3.8) is 0 Å². The van der Waals surface area contributed by atoms with Gasteiger partial charge in [-0.3, -0.25) is 4.79 Å². The first-order valence-corrected chi connectivity index (χ1v) is 4.68. The molecule has 0 bridgehead atoms. The maximum atomic E-state index is 11.7. The van der Waals surface area contributed by atoms with E-state index in [1.807, 2.05) is 0 Å². The monoisotopic (exact) mass is 218 g/mol. The van der Waals surface area contributed by atoms with Crippen molar-refractivity contribution in [1.82, 2.24) is 15.1 Å². The van der Waals surface area contributed by atoms with Crippen molar-refractivity contribution in [2.24, 2.45) is 0 Å². The predicted molar refractivity (Wildman–Crippen MR) is 56.0 cm³/mol. The van der Waals surface area contributed by atoms with E-state index in [2.05, 4.69) is 20.4 Å². The Morgan fingerprint density at radius 2 is 2.00 bits per heavy atom. The van der Waals surface area contributed by atoms with Gasteiger partial charge in [-0.25, -0.2) is 9.97 Å². The Labute approximate surface area is 91.7 Å². The van der Waals surface area contributed by atoms with Crippen LogP contribution in [0.1, 0.15) is 21.9 Å². The molecule has 2 heterocycles. The minimum atomic E-state index is -0.312.